The van der Waals surface area contributed by atoms with Gasteiger partial charge >= 0.3 is 0 Å². The van der Waals surface area contributed by atoms with Gasteiger partial charge in [0.15, 0.2) is 0 Å². The van der Waals surface area contributed by atoms with Crippen molar-refractivity contribution in [1.29, 1.82) is 0 Å². The van der Waals surface area contributed by atoms with Gasteiger partial charge in [-0.3, -0.25) is 4.98 Å². The van der Waals surface area contributed by atoms with Crippen molar-refractivity contribution in [2.45, 2.75) is 17.3 Å². The normalized spacial score (nSPS) is 10.8. The summed E-state index contributed by atoms with van der Waals surface area (Å²) in [7, 11) is 0. The van der Waals surface area contributed by atoms with Gasteiger partial charge in [0.25, 0.3) is 0 Å². The van der Waals surface area contributed by atoms with Crippen LogP contribution in [0.1, 0.15) is 11.1 Å². The minimum Gasteiger partial charge on any atom is -0.392 e. The van der Waals surface area contributed by atoms with E-state index in [9.17, 15) is 0 Å². The lowest BCUT2D eigenvalue weighted by Crippen LogP contribution is -1.84. The molecule has 0 unspecified atom stereocenters. The second-order valence-electron chi connectivity index (χ2n) is 4.62. The highest BCUT2D eigenvalue weighted by Gasteiger charge is 1.99. The molecule has 2 aromatic carbocycles. The molecule has 0 atom stereocenters. The second-order valence-corrected chi connectivity index (χ2v) is 5.67. The van der Waals surface area contributed by atoms with Crippen LogP contribution in [0.25, 0.3) is 10.9 Å². The van der Waals surface area contributed by atoms with Crippen LogP contribution in [0.2, 0.25) is 0 Å². The molecular weight excluding hydrogens is 266 g/mol. The van der Waals surface area contributed by atoms with Gasteiger partial charge in [0.1, 0.15) is 0 Å². The first-order valence-electron chi connectivity index (χ1n) is 6.51. The number of aliphatic hydroxyl groups excluding tert-OH is 1. The Morgan fingerprint density at radius 3 is 2.55 bits per heavy atom. The monoisotopic (exact) mass is 281 g/mol. The molecule has 0 radical (unpaired) electrons. The molecule has 0 fully saturated rings. The van der Waals surface area contributed by atoms with E-state index in [2.05, 4.69) is 41.4 Å². The summed E-state index contributed by atoms with van der Waals surface area (Å²) >= 11 is 1.80. The number of benzene rings is 2. The first-order chi connectivity index (χ1) is 9.85. The summed E-state index contributed by atoms with van der Waals surface area (Å²) in [4.78, 5) is 5.55. The first kappa shape index (κ1) is 13.2. The van der Waals surface area contributed by atoms with Gasteiger partial charge < -0.3 is 5.11 Å². The van der Waals surface area contributed by atoms with E-state index in [1.54, 1.807) is 11.8 Å². The van der Waals surface area contributed by atoms with Crippen LogP contribution in [0, 0.1) is 0 Å². The van der Waals surface area contributed by atoms with Crippen LogP contribution in [0.3, 0.4) is 0 Å². The van der Waals surface area contributed by atoms with E-state index in [-0.39, 0.29) is 6.61 Å². The lowest BCUT2D eigenvalue weighted by molar-refractivity contribution is 0.282. The number of hydrogen-bond acceptors (Lipinski definition) is 3. The SMILES string of the molecule is OCc1ccc(SCc2ccc3ncccc3c2)cc1. The summed E-state index contributed by atoms with van der Waals surface area (Å²) in [6.07, 6.45) is 1.82. The smallest absolute Gasteiger partial charge is 0.0702 e. The van der Waals surface area contributed by atoms with Gasteiger partial charge in [-0.15, -0.1) is 11.8 Å². The van der Waals surface area contributed by atoms with E-state index < -0.39 is 0 Å². The molecule has 0 saturated heterocycles. The fraction of sp³-hybridized carbons (Fsp3) is 0.118. The number of hydrogen-bond donors (Lipinski definition) is 1. The number of aliphatic hydroxyl groups is 1. The molecule has 1 N–H and O–H groups in total. The summed E-state index contributed by atoms with van der Waals surface area (Å²) < 4.78 is 0. The average Bonchev–Trinajstić information content (AvgIpc) is 2.53. The Kier molecular flexibility index (Phi) is 4.00. The van der Waals surface area contributed by atoms with Crippen LogP contribution in [-0.2, 0) is 12.4 Å². The fourth-order valence-corrected chi connectivity index (χ4v) is 2.91. The van der Waals surface area contributed by atoms with E-state index >= 15 is 0 Å². The molecular formula is C17H15NOS. The van der Waals surface area contributed by atoms with Crippen molar-refractivity contribution in [2.24, 2.45) is 0 Å². The summed E-state index contributed by atoms with van der Waals surface area (Å²) in [5.41, 5.74) is 3.28. The molecule has 0 aliphatic carbocycles. The minimum atomic E-state index is 0.0998. The maximum absolute atomic E-state index is 9.02. The standard InChI is InChI=1S/C17H15NOS/c19-11-13-3-6-16(7-4-13)20-12-14-5-8-17-15(10-14)2-1-9-18-17/h1-10,19H,11-12H2. The third-order valence-electron chi connectivity index (χ3n) is 3.18. The summed E-state index contributed by atoms with van der Waals surface area (Å²) in [6, 6.07) is 18.5. The molecule has 3 aromatic rings. The predicted octanol–water partition coefficient (Wildman–Crippen LogP) is 4.02. The quantitative estimate of drug-likeness (QED) is 0.733. The largest absolute Gasteiger partial charge is 0.392 e. The van der Waals surface area contributed by atoms with E-state index in [0.717, 1.165) is 16.8 Å². The van der Waals surface area contributed by atoms with Gasteiger partial charge in [0, 0.05) is 22.2 Å². The van der Waals surface area contributed by atoms with Crippen LogP contribution in [0.15, 0.2) is 65.7 Å². The number of fused-ring (bicyclic) bond motifs is 1. The van der Waals surface area contributed by atoms with Crippen LogP contribution >= 0.6 is 11.8 Å². The lowest BCUT2D eigenvalue weighted by atomic mass is 10.1. The van der Waals surface area contributed by atoms with E-state index in [1.165, 1.54) is 15.8 Å². The zero-order valence-electron chi connectivity index (χ0n) is 11.0. The number of pyridine rings is 1. The number of nitrogens with zero attached hydrogens (tertiary/aromatic N) is 1. The highest BCUT2D eigenvalue weighted by Crippen LogP contribution is 2.24. The topological polar surface area (TPSA) is 33.1 Å². The maximum Gasteiger partial charge on any atom is 0.0702 e. The van der Waals surface area contributed by atoms with Gasteiger partial charge in [-0.1, -0.05) is 24.3 Å². The van der Waals surface area contributed by atoms with Gasteiger partial charge in [-0.2, -0.15) is 0 Å². The van der Waals surface area contributed by atoms with Crippen molar-refractivity contribution in [3.05, 3.63) is 71.9 Å². The highest BCUT2D eigenvalue weighted by atomic mass is 32.2. The van der Waals surface area contributed by atoms with Crippen molar-refractivity contribution in [3.63, 3.8) is 0 Å². The Morgan fingerprint density at radius 2 is 1.75 bits per heavy atom. The van der Waals surface area contributed by atoms with Gasteiger partial charge in [-0.05, 0) is 41.5 Å². The van der Waals surface area contributed by atoms with Crippen molar-refractivity contribution in [3.8, 4) is 0 Å². The molecule has 100 valence electrons. The molecule has 2 nitrogen and oxygen atoms in total. The second kappa shape index (κ2) is 6.07. The Morgan fingerprint density at radius 1 is 0.950 bits per heavy atom. The fourth-order valence-electron chi connectivity index (χ4n) is 2.07. The lowest BCUT2D eigenvalue weighted by Gasteiger charge is -2.04. The molecule has 0 saturated carbocycles. The van der Waals surface area contributed by atoms with Crippen LogP contribution in [0.5, 0.6) is 0 Å². The molecule has 0 bridgehead atoms. The summed E-state index contributed by atoms with van der Waals surface area (Å²) in [5, 5.41) is 10.2. The summed E-state index contributed by atoms with van der Waals surface area (Å²) in [6.45, 7) is 0.0998. The Hall–Kier alpha value is -1.84. The zero-order chi connectivity index (χ0) is 13.8. The molecule has 1 heterocycles. The highest BCUT2D eigenvalue weighted by molar-refractivity contribution is 7.98. The Labute approximate surface area is 122 Å². The van der Waals surface area contributed by atoms with Gasteiger partial charge in [-0.25, -0.2) is 0 Å². The van der Waals surface area contributed by atoms with E-state index in [4.69, 9.17) is 5.11 Å². The molecule has 20 heavy (non-hydrogen) atoms. The van der Waals surface area contributed by atoms with Crippen molar-refractivity contribution >= 4 is 22.7 Å². The Bertz CT molecular complexity index is 710. The molecule has 0 spiro atoms. The van der Waals surface area contributed by atoms with Crippen molar-refractivity contribution < 1.29 is 5.11 Å². The molecule has 3 rings (SSSR count). The first-order valence-corrected chi connectivity index (χ1v) is 7.50. The van der Waals surface area contributed by atoms with Crippen molar-refractivity contribution in [2.75, 3.05) is 0 Å². The van der Waals surface area contributed by atoms with E-state index in [1.807, 2.05) is 24.4 Å². The number of aromatic nitrogens is 1. The minimum absolute atomic E-state index is 0.0998. The average molecular weight is 281 g/mol. The Balaban J connectivity index is 1.72. The van der Waals surface area contributed by atoms with E-state index in [0.29, 0.717) is 0 Å². The van der Waals surface area contributed by atoms with Crippen molar-refractivity contribution in [1.82, 2.24) is 4.98 Å². The predicted molar refractivity (Wildman–Crippen MR) is 83.7 cm³/mol. The number of thioether (sulfide) groups is 1. The van der Waals surface area contributed by atoms with Gasteiger partial charge in [0.05, 0.1) is 12.1 Å². The molecule has 0 amide bonds. The molecule has 3 heteroatoms. The maximum atomic E-state index is 9.02. The third kappa shape index (κ3) is 3.00. The molecule has 0 aliphatic heterocycles. The van der Waals surface area contributed by atoms with Crippen LogP contribution in [-0.4, -0.2) is 10.1 Å². The zero-order valence-corrected chi connectivity index (χ0v) is 11.8. The van der Waals surface area contributed by atoms with Gasteiger partial charge in [0.2, 0.25) is 0 Å². The summed E-state index contributed by atoms with van der Waals surface area (Å²) in [5.74, 6) is 0.934. The molecule has 0 aliphatic rings. The van der Waals surface area contributed by atoms with Crippen LogP contribution in [0.4, 0.5) is 0 Å². The molecule has 1 aromatic heterocycles. The third-order valence-corrected chi connectivity index (χ3v) is 4.26. The van der Waals surface area contributed by atoms with Crippen LogP contribution < -0.4 is 0 Å². The number of rotatable bonds is 4.